The maximum atomic E-state index is 4.44. The van der Waals surface area contributed by atoms with Crippen LogP contribution in [-0.2, 0) is 6.54 Å². The van der Waals surface area contributed by atoms with Crippen LogP contribution in [0.15, 0.2) is 35.3 Å². The Hall–Kier alpha value is -0.860. The second-order valence-corrected chi connectivity index (χ2v) is 8.91. The SMILES string of the molecule is CN=C(NCCCCN1CCC(C)CC1)NC1CCN(Cc2ccccc2)CC1.I. The van der Waals surface area contributed by atoms with Crippen molar-refractivity contribution in [3.05, 3.63) is 35.9 Å². The van der Waals surface area contributed by atoms with Crippen LogP contribution in [0.2, 0.25) is 0 Å². The molecular weight excluding hydrogens is 485 g/mol. The summed E-state index contributed by atoms with van der Waals surface area (Å²) < 4.78 is 0. The summed E-state index contributed by atoms with van der Waals surface area (Å²) in [5.74, 6) is 1.89. The Labute approximate surface area is 201 Å². The van der Waals surface area contributed by atoms with Gasteiger partial charge in [0.2, 0.25) is 0 Å². The lowest BCUT2D eigenvalue weighted by Crippen LogP contribution is -2.48. The van der Waals surface area contributed by atoms with E-state index >= 15 is 0 Å². The first-order chi connectivity index (χ1) is 14.2. The van der Waals surface area contributed by atoms with Crippen molar-refractivity contribution in [3.8, 4) is 0 Å². The van der Waals surface area contributed by atoms with Crippen molar-refractivity contribution < 1.29 is 0 Å². The molecule has 2 N–H and O–H groups in total. The number of unbranched alkanes of at least 4 members (excludes halogenated alkanes) is 1. The molecule has 0 atom stereocenters. The minimum absolute atomic E-state index is 0. The van der Waals surface area contributed by atoms with Crippen LogP contribution >= 0.6 is 24.0 Å². The Bertz CT molecular complexity index is 593. The maximum Gasteiger partial charge on any atom is 0.191 e. The highest BCUT2D eigenvalue weighted by molar-refractivity contribution is 14.0. The molecule has 0 aromatic heterocycles. The van der Waals surface area contributed by atoms with Crippen molar-refractivity contribution in [2.24, 2.45) is 10.9 Å². The second kappa shape index (κ2) is 14.2. The molecule has 2 fully saturated rings. The summed E-state index contributed by atoms with van der Waals surface area (Å²) in [5, 5.41) is 7.16. The Balaban J connectivity index is 0.00000320. The van der Waals surface area contributed by atoms with E-state index in [2.05, 4.69) is 62.7 Å². The normalized spacial score (nSPS) is 20.0. The lowest BCUT2D eigenvalue weighted by Gasteiger charge is -2.33. The van der Waals surface area contributed by atoms with Crippen molar-refractivity contribution in [3.63, 3.8) is 0 Å². The third-order valence-corrected chi connectivity index (χ3v) is 6.47. The summed E-state index contributed by atoms with van der Waals surface area (Å²) in [6.07, 6.45) is 7.60. The van der Waals surface area contributed by atoms with Crippen LogP contribution in [0.5, 0.6) is 0 Å². The minimum Gasteiger partial charge on any atom is -0.356 e. The van der Waals surface area contributed by atoms with Gasteiger partial charge in [-0.2, -0.15) is 0 Å². The third kappa shape index (κ3) is 9.10. The van der Waals surface area contributed by atoms with Crippen LogP contribution in [0.25, 0.3) is 0 Å². The van der Waals surface area contributed by atoms with Crippen molar-refractivity contribution in [1.82, 2.24) is 20.4 Å². The van der Waals surface area contributed by atoms with Crippen LogP contribution in [0, 0.1) is 5.92 Å². The molecule has 0 unspecified atom stereocenters. The largest absolute Gasteiger partial charge is 0.356 e. The van der Waals surface area contributed by atoms with E-state index in [0.29, 0.717) is 6.04 Å². The van der Waals surface area contributed by atoms with E-state index in [0.717, 1.165) is 38.1 Å². The molecule has 5 nitrogen and oxygen atoms in total. The molecule has 6 heteroatoms. The zero-order valence-electron chi connectivity index (χ0n) is 19.0. The van der Waals surface area contributed by atoms with Gasteiger partial charge in [0.15, 0.2) is 5.96 Å². The molecule has 0 aliphatic carbocycles. The van der Waals surface area contributed by atoms with E-state index in [4.69, 9.17) is 0 Å². The molecule has 3 rings (SSSR count). The van der Waals surface area contributed by atoms with Crippen LogP contribution in [0.4, 0.5) is 0 Å². The van der Waals surface area contributed by atoms with E-state index in [-0.39, 0.29) is 24.0 Å². The number of aliphatic imine (C=N–C) groups is 1. The zero-order chi connectivity index (χ0) is 20.3. The third-order valence-electron chi connectivity index (χ3n) is 6.47. The van der Waals surface area contributed by atoms with E-state index < -0.39 is 0 Å². The van der Waals surface area contributed by atoms with Crippen molar-refractivity contribution >= 4 is 29.9 Å². The van der Waals surface area contributed by atoms with Gasteiger partial charge in [0.1, 0.15) is 0 Å². The van der Waals surface area contributed by atoms with Crippen molar-refractivity contribution in [2.45, 2.75) is 58.0 Å². The number of piperidine rings is 2. The van der Waals surface area contributed by atoms with E-state index in [9.17, 15) is 0 Å². The highest BCUT2D eigenvalue weighted by atomic mass is 127. The number of nitrogens with one attached hydrogen (secondary N) is 2. The fourth-order valence-electron chi connectivity index (χ4n) is 4.42. The molecular formula is C24H42IN5. The Morgan fingerprint density at radius 1 is 0.967 bits per heavy atom. The summed E-state index contributed by atoms with van der Waals surface area (Å²) >= 11 is 0. The highest BCUT2D eigenvalue weighted by Crippen LogP contribution is 2.16. The number of hydrogen-bond acceptors (Lipinski definition) is 3. The smallest absolute Gasteiger partial charge is 0.191 e. The fraction of sp³-hybridized carbons (Fsp3) is 0.708. The molecule has 1 aromatic rings. The van der Waals surface area contributed by atoms with Gasteiger partial charge in [0.25, 0.3) is 0 Å². The second-order valence-electron chi connectivity index (χ2n) is 8.91. The summed E-state index contributed by atoms with van der Waals surface area (Å²) in [6, 6.07) is 11.3. The molecule has 0 spiro atoms. The molecule has 170 valence electrons. The lowest BCUT2D eigenvalue weighted by molar-refractivity contribution is 0.189. The molecule has 0 amide bonds. The first kappa shape index (κ1) is 25.4. The number of halogens is 1. The van der Waals surface area contributed by atoms with Gasteiger partial charge in [-0.1, -0.05) is 37.3 Å². The fourth-order valence-corrected chi connectivity index (χ4v) is 4.42. The molecule has 0 saturated carbocycles. The number of guanidine groups is 1. The van der Waals surface area contributed by atoms with Gasteiger partial charge < -0.3 is 15.5 Å². The first-order valence-corrected chi connectivity index (χ1v) is 11.7. The topological polar surface area (TPSA) is 42.9 Å². The van der Waals surface area contributed by atoms with Gasteiger partial charge in [0.05, 0.1) is 0 Å². The summed E-state index contributed by atoms with van der Waals surface area (Å²) in [6.45, 7) is 10.6. The summed E-state index contributed by atoms with van der Waals surface area (Å²) in [4.78, 5) is 9.63. The monoisotopic (exact) mass is 527 g/mol. The van der Waals surface area contributed by atoms with Crippen LogP contribution in [0.3, 0.4) is 0 Å². The molecule has 30 heavy (non-hydrogen) atoms. The molecule has 0 radical (unpaired) electrons. The van der Waals surface area contributed by atoms with Gasteiger partial charge in [-0.25, -0.2) is 0 Å². The van der Waals surface area contributed by atoms with E-state index in [1.54, 1.807) is 0 Å². The van der Waals surface area contributed by atoms with Crippen molar-refractivity contribution in [2.75, 3.05) is 46.3 Å². The Morgan fingerprint density at radius 3 is 2.30 bits per heavy atom. The average Bonchev–Trinajstić information content (AvgIpc) is 2.76. The number of rotatable bonds is 8. The zero-order valence-corrected chi connectivity index (χ0v) is 21.3. The molecule has 0 bridgehead atoms. The lowest BCUT2D eigenvalue weighted by atomic mass is 9.99. The maximum absolute atomic E-state index is 4.44. The number of likely N-dealkylation sites (tertiary alicyclic amines) is 2. The Kier molecular flexibility index (Phi) is 12.1. The highest BCUT2D eigenvalue weighted by Gasteiger charge is 2.20. The number of benzene rings is 1. The standard InChI is InChI=1S/C24H41N5.HI/c1-21-10-16-28(17-11-21)15-7-6-14-26-24(25-2)27-23-12-18-29(19-13-23)20-22-8-4-3-5-9-22;/h3-5,8-9,21,23H,6-7,10-20H2,1-2H3,(H2,25,26,27);1H. The molecule has 2 aliphatic rings. The van der Waals surface area contributed by atoms with Crippen molar-refractivity contribution in [1.29, 1.82) is 0 Å². The van der Waals surface area contributed by atoms with Crippen LogP contribution < -0.4 is 10.6 Å². The van der Waals surface area contributed by atoms with Gasteiger partial charge >= 0.3 is 0 Å². The molecule has 2 saturated heterocycles. The van der Waals surface area contributed by atoms with E-state index in [1.807, 2.05) is 7.05 Å². The number of nitrogens with zero attached hydrogens (tertiary/aromatic N) is 3. The molecule has 2 heterocycles. The summed E-state index contributed by atoms with van der Waals surface area (Å²) in [5.41, 5.74) is 1.41. The average molecular weight is 528 g/mol. The first-order valence-electron chi connectivity index (χ1n) is 11.7. The van der Waals surface area contributed by atoms with Gasteiger partial charge in [-0.15, -0.1) is 24.0 Å². The van der Waals surface area contributed by atoms with Crippen LogP contribution in [0.1, 0.15) is 51.0 Å². The predicted octanol–water partition coefficient (Wildman–Crippen LogP) is 3.95. The Morgan fingerprint density at radius 2 is 1.63 bits per heavy atom. The molecule has 1 aromatic carbocycles. The number of hydrogen-bond donors (Lipinski definition) is 2. The van der Waals surface area contributed by atoms with Crippen LogP contribution in [-0.4, -0.2) is 68.1 Å². The summed E-state index contributed by atoms with van der Waals surface area (Å²) in [7, 11) is 1.88. The quantitative estimate of drug-likeness (QED) is 0.233. The van der Waals surface area contributed by atoms with Gasteiger partial charge in [-0.05, 0) is 69.6 Å². The van der Waals surface area contributed by atoms with Gasteiger partial charge in [0, 0.05) is 39.3 Å². The predicted molar refractivity (Wildman–Crippen MR) is 139 cm³/mol. The molecule has 2 aliphatic heterocycles. The van der Waals surface area contributed by atoms with Gasteiger partial charge in [-0.3, -0.25) is 9.89 Å². The van der Waals surface area contributed by atoms with E-state index in [1.165, 1.54) is 63.7 Å². The minimum atomic E-state index is 0.